The van der Waals surface area contributed by atoms with Gasteiger partial charge >= 0.3 is 0 Å². The summed E-state index contributed by atoms with van der Waals surface area (Å²) < 4.78 is 11.8. The molecule has 2 aromatic rings. The molecular weight excluding hydrogens is 531 g/mol. The van der Waals surface area contributed by atoms with Gasteiger partial charge in [-0.05, 0) is 57.5 Å². The molecule has 1 heterocycles. The molecular formula is C25H35IN4O3. The first-order valence-corrected chi connectivity index (χ1v) is 11.4. The maximum absolute atomic E-state index is 11.9. The Bertz CT molecular complexity index is 947. The largest absolute Gasteiger partial charge is 0.494 e. The molecule has 0 fully saturated rings. The highest BCUT2D eigenvalue weighted by atomic mass is 127. The second-order valence-electron chi connectivity index (χ2n) is 7.74. The summed E-state index contributed by atoms with van der Waals surface area (Å²) in [6, 6.07) is 11.7. The van der Waals surface area contributed by atoms with Crippen LogP contribution in [0, 0.1) is 0 Å². The van der Waals surface area contributed by atoms with Gasteiger partial charge in [0.25, 0.3) is 5.91 Å². The molecule has 7 nitrogen and oxygen atoms in total. The zero-order valence-electron chi connectivity index (χ0n) is 19.9. The van der Waals surface area contributed by atoms with Crippen LogP contribution in [0.2, 0.25) is 0 Å². The number of rotatable bonds is 9. The summed E-state index contributed by atoms with van der Waals surface area (Å²) >= 11 is 0. The zero-order chi connectivity index (χ0) is 22.9. The summed E-state index contributed by atoms with van der Waals surface area (Å²) in [4.78, 5) is 16.6. The third kappa shape index (κ3) is 7.52. The van der Waals surface area contributed by atoms with E-state index in [1.54, 1.807) is 0 Å². The van der Waals surface area contributed by atoms with Crippen LogP contribution in [0.3, 0.4) is 0 Å². The number of benzene rings is 2. The van der Waals surface area contributed by atoms with Crippen molar-refractivity contribution in [2.24, 2.45) is 4.99 Å². The maximum atomic E-state index is 11.9. The highest BCUT2D eigenvalue weighted by Gasteiger charge is 2.22. The smallest absolute Gasteiger partial charge is 0.251 e. The quantitative estimate of drug-likeness (QED) is 0.243. The van der Waals surface area contributed by atoms with Crippen LogP contribution in [0.1, 0.15) is 54.7 Å². The number of carbonyl (C=O) groups excluding carboxylic acids is 1. The van der Waals surface area contributed by atoms with E-state index in [0.29, 0.717) is 31.8 Å². The van der Waals surface area contributed by atoms with E-state index < -0.39 is 0 Å². The Kier molecular flexibility index (Phi) is 10.8. The highest BCUT2D eigenvalue weighted by molar-refractivity contribution is 14.0. The van der Waals surface area contributed by atoms with Gasteiger partial charge in [-0.25, -0.2) is 4.99 Å². The minimum absolute atomic E-state index is 0. The van der Waals surface area contributed by atoms with E-state index in [4.69, 9.17) is 14.5 Å². The van der Waals surface area contributed by atoms with Gasteiger partial charge in [0.2, 0.25) is 0 Å². The Balaban J connectivity index is 0.00000385. The summed E-state index contributed by atoms with van der Waals surface area (Å²) in [6.07, 6.45) is 1.10. The maximum Gasteiger partial charge on any atom is 0.251 e. The number of nitrogens with one attached hydrogen (secondary N) is 3. The molecule has 1 atom stereocenters. The van der Waals surface area contributed by atoms with Crippen LogP contribution in [0.25, 0.3) is 0 Å². The molecule has 1 amide bonds. The predicted octanol–water partition coefficient (Wildman–Crippen LogP) is 4.03. The van der Waals surface area contributed by atoms with Crippen molar-refractivity contribution >= 4 is 35.8 Å². The third-order valence-corrected chi connectivity index (χ3v) is 5.14. The SMILES string of the molecule is CCNC(=O)c1ccc(CN=C(NCC)NCc2cc3c(cc2OCC)CC(C)O3)cc1.I. The first-order valence-electron chi connectivity index (χ1n) is 11.4. The van der Waals surface area contributed by atoms with Crippen LogP contribution in [-0.2, 0) is 19.5 Å². The van der Waals surface area contributed by atoms with Crippen LogP contribution in [0.15, 0.2) is 41.4 Å². The highest BCUT2D eigenvalue weighted by Crippen LogP contribution is 2.35. The van der Waals surface area contributed by atoms with Gasteiger partial charge in [0.05, 0.1) is 13.2 Å². The van der Waals surface area contributed by atoms with E-state index in [0.717, 1.165) is 41.6 Å². The Morgan fingerprint density at radius 2 is 1.82 bits per heavy atom. The van der Waals surface area contributed by atoms with Crippen molar-refractivity contribution < 1.29 is 14.3 Å². The van der Waals surface area contributed by atoms with Crippen LogP contribution >= 0.6 is 24.0 Å². The Morgan fingerprint density at radius 3 is 2.48 bits per heavy atom. The lowest BCUT2D eigenvalue weighted by atomic mass is 10.1. The van der Waals surface area contributed by atoms with Gasteiger partial charge in [0, 0.05) is 42.7 Å². The second-order valence-corrected chi connectivity index (χ2v) is 7.74. The number of fused-ring (bicyclic) bond motifs is 1. The number of ether oxygens (including phenoxy) is 2. The monoisotopic (exact) mass is 566 g/mol. The summed E-state index contributed by atoms with van der Waals surface area (Å²) in [6.45, 7) is 11.1. The molecule has 180 valence electrons. The van der Waals surface area contributed by atoms with Crippen LogP contribution in [-0.4, -0.2) is 37.7 Å². The van der Waals surface area contributed by atoms with Crippen molar-refractivity contribution in [3.8, 4) is 11.5 Å². The lowest BCUT2D eigenvalue weighted by molar-refractivity contribution is 0.0956. The molecule has 0 aliphatic carbocycles. The van der Waals surface area contributed by atoms with Crippen molar-refractivity contribution in [1.82, 2.24) is 16.0 Å². The molecule has 1 unspecified atom stereocenters. The predicted molar refractivity (Wildman–Crippen MR) is 143 cm³/mol. The molecule has 33 heavy (non-hydrogen) atoms. The van der Waals surface area contributed by atoms with Gasteiger partial charge in [-0.2, -0.15) is 0 Å². The van der Waals surface area contributed by atoms with Crippen LogP contribution < -0.4 is 25.4 Å². The number of aliphatic imine (C=N–C) groups is 1. The topological polar surface area (TPSA) is 84.0 Å². The zero-order valence-corrected chi connectivity index (χ0v) is 22.2. The van der Waals surface area contributed by atoms with Crippen LogP contribution in [0.5, 0.6) is 11.5 Å². The van der Waals surface area contributed by atoms with Gasteiger partial charge in [-0.3, -0.25) is 4.79 Å². The second kappa shape index (κ2) is 13.3. The standard InChI is InChI=1S/C25H34N4O3.HI/c1-5-26-24(30)19-10-8-18(9-11-19)15-28-25(27-6-2)29-16-21-14-23-20(12-17(4)32-23)13-22(21)31-7-3;/h8-11,13-14,17H,5-7,12,15-16H2,1-4H3,(H,26,30)(H2,27,28,29);1H. The average Bonchev–Trinajstić information content (AvgIpc) is 3.15. The number of nitrogens with zero attached hydrogens (tertiary/aromatic N) is 1. The minimum Gasteiger partial charge on any atom is -0.494 e. The summed E-state index contributed by atoms with van der Waals surface area (Å²) in [7, 11) is 0. The molecule has 1 aliphatic rings. The number of hydrogen-bond acceptors (Lipinski definition) is 4. The van der Waals surface area contributed by atoms with Gasteiger partial charge in [0.15, 0.2) is 5.96 Å². The number of halogens is 1. The molecule has 1 aliphatic heterocycles. The Labute approximate surface area is 213 Å². The van der Waals surface area contributed by atoms with Gasteiger partial charge in [0.1, 0.15) is 17.6 Å². The first-order chi connectivity index (χ1) is 15.5. The van der Waals surface area contributed by atoms with Crippen molar-refractivity contribution in [2.75, 3.05) is 19.7 Å². The van der Waals surface area contributed by atoms with Gasteiger partial charge in [-0.1, -0.05) is 12.1 Å². The normalized spacial score (nSPS) is 14.5. The fourth-order valence-corrected chi connectivity index (χ4v) is 3.62. The van der Waals surface area contributed by atoms with E-state index >= 15 is 0 Å². The number of guanidine groups is 1. The summed E-state index contributed by atoms with van der Waals surface area (Å²) in [5, 5.41) is 9.48. The molecule has 0 radical (unpaired) electrons. The Morgan fingerprint density at radius 1 is 1.09 bits per heavy atom. The lowest BCUT2D eigenvalue weighted by Gasteiger charge is -2.15. The van der Waals surface area contributed by atoms with Crippen molar-refractivity contribution in [3.63, 3.8) is 0 Å². The van der Waals surface area contributed by atoms with Crippen molar-refractivity contribution in [2.45, 2.75) is 53.3 Å². The molecule has 3 N–H and O–H groups in total. The lowest BCUT2D eigenvalue weighted by Crippen LogP contribution is -2.36. The summed E-state index contributed by atoms with van der Waals surface area (Å²) in [5.74, 6) is 2.48. The molecule has 0 spiro atoms. The van der Waals surface area contributed by atoms with E-state index in [1.165, 1.54) is 5.56 Å². The Hall–Kier alpha value is -2.49. The van der Waals surface area contributed by atoms with Crippen molar-refractivity contribution in [3.05, 3.63) is 58.7 Å². The number of amides is 1. The molecule has 0 saturated heterocycles. The van der Waals surface area contributed by atoms with E-state index in [2.05, 4.69) is 35.0 Å². The average molecular weight is 566 g/mol. The molecule has 8 heteroatoms. The van der Waals surface area contributed by atoms with E-state index in [-0.39, 0.29) is 36.0 Å². The van der Waals surface area contributed by atoms with Crippen LogP contribution in [0.4, 0.5) is 0 Å². The fourth-order valence-electron chi connectivity index (χ4n) is 3.62. The third-order valence-electron chi connectivity index (χ3n) is 5.14. The summed E-state index contributed by atoms with van der Waals surface area (Å²) in [5.41, 5.74) is 3.92. The molecule has 0 saturated carbocycles. The van der Waals surface area contributed by atoms with Crippen molar-refractivity contribution in [1.29, 1.82) is 0 Å². The molecule has 0 bridgehead atoms. The molecule has 0 aromatic heterocycles. The molecule has 2 aromatic carbocycles. The number of hydrogen-bond donors (Lipinski definition) is 3. The number of carbonyl (C=O) groups is 1. The van der Waals surface area contributed by atoms with E-state index in [1.807, 2.05) is 45.0 Å². The first kappa shape index (κ1) is 26.8. The van der Waals surface area contributed by atoms with Gasteiger partial charge < -0.3 is 25.4 Å². The molecule has 3 rings (SSSR count). The van der Waals surface area contributed by atoms with E-state index in [9.17, 15) is 4.79 Å². The fraction of sp³-hybridized carbons (Fsp3) is 0.440. The van der Waals surface area contributed by atoms with Gasteiger partial charge in [-0.15, -0.1) is 24.0 Å². The minimum atomic E-state index is -0.0598.